The van der Waals surface area contributed by atoms with E-state index < -0.39 is 0 Å². The van der Waals surface area contributed by atoms with Crippen molar-refractivity contribution in [3.63, 3.8) is 0 Å². The molecular formula is C12H21BrO2. The van der Waals surface area contributed by atoms with Gasteiger partial charge in [-0.25, -0.2) is 0 Å². The lowest BCUT2D eigenvalue weighted by atomic mass is 10.1. The highest BCUT2D eigenvalue weighted by atomic mass is 79.9. The molecule has 0 rings (SSSR count). The van der Waals surface area contributed by atoms with E-state index in [1.54, 1.807) is 0 Å². The normalized spacial score (nSPS) is 12.1. The van der Waals surface area contributed by atoms with Gasteiger partial charge in [0, 0.05) is 0 Å². The molecule has 88 valence electrons. The third-order valence-electron chi connectivity index (χ3n) is 2.27. The molecule has 0 aromatic carbocycles. The molecule has 2 nitrogen and oxygen atoms in total. The van der Waals surface area contributed by atoms with Gasteiger partial charge in [-0.15, -0.1) is 0 Å². The molecule has 0 saturated carbocycles. The fraction of sp³-hybridized carbons (Fsp3) is 0.750. The van der Waals surface area contributed by atoms with E-state index in [9.17, 15) is 4.79 Å². The third kappa shape index (κ3) is 8.67. The molecule has 0 bridgehead atoms. The minimum atomic E-state index is -0.237. The Morgan fingerprint density at radius 1 is 1.33 bits per heavy atom. The summed E-state index contributed by atoms with van der Waals surface area (Å²) in [5.74, 6) is -0.237. The predicted octanol–water partition coefficient (Wildman–Crippen LogP) is 4.19. The van der Waals surface area contributed by atoms with Crippen LogP contribution in [-0.4, -0.2) is 10.8 Å². The van der Waals surface area contributed by atoms with Crippen LogP contribution in [-0.2, 0) is 9.53 Å². The molecule has 0 aliphatic heterocycles. The van der Waals surface area contributed by atoms with Gasteiger partial charge in [-0.1, -0.05) is 68.0 Å². The Hall–Kier alpha value is -0.310. The van der Waals surface area contributed by atoms with Gasteiger partial charge in [0.05, 0.1) is 6.26 Å². The highest BCUT2D eigenvalue weighted by Gasteiger charge is 2.14. The SMILES string of the molecule is C=COC(=O)C(Br)CCCCCCCC. The molecule has 0 N–H and O–H groups in total. The topological polar surface area (TPSA) is 26.3 Å². The average molecular weight is 277 g/mol. The summed E-state index contributed by atoms with van der Waals surface area (Å²) in [5.41, 5.74) is 0. The number of unbranched alkanes of at least 4 members (excludes halogenated alkanes) is 5. The molecule has 0 amide bonds. The second kappa shape index (κ2) is 10.2. The zero-order valence-electron chi connectivity index (χ0n) is 9.51. The predicted molar refractivity (Wildman–Crippen MR) is 67.0 cm³/mol. The van der Waals surface area contributed by atoms with Crippen LogP contribution in [0.2, 0.25) is 0 Å². The summed E-state index contributed by atoms with van der Waals surface area (Å²) in [5, 5.41) is 0. The minimum absolute atomic E-state index is 0.179. The molecule has 0 fully saturated rings. The number of rotatable bonds is 9. The van der Waals surface area contributed by atoms with Crippen molar-refractivity contribution in [2.75, 3.05) is 0 Å². The first-order chi connectivity index (χ1) is 7.22. The first-order valence-electron chi connectivity index (χ1n) is 5.67. The van der Waals surface area contributed by atoms with Crippen molar-refractivity contribution >= 4 is 21.9 Å². The van der Waals surface area contributed by atoms with Crippen molar-refractivity contribution in [2.45, 2.75) is 56.7 Å². The fourth-order valence-corrected chi connectivity index (χ4v) is 1.81. The van der Waals surface area contributed by atoms with Crippen LogP contribution in [0.3, 0.4) is 0 Å². The summed E-state index contributed by atoms with van der Waals surface area (Å²) >= 11 is 3.30. The zero-order valence-corrected chi connectivity index (χ0v) is 11.1. The Balaban J connectivity index is 3.34. The smallest absolute Gasteiger partial charge is 0.324 e. The van der Waals surface area contributed by atoms with Crippen LogP contribution >= 0.6 is 15.9 Å². The summed E-state index contributed by atoms with van der Waals surface area (Å²) in [6.45, 7) is 5.56. The van der Waals surface area contributed by atoms with E-state index in [0.29, 0.717) is 0 Å². The quantitative estimate of drug-likeness (QED) is 0.273. The van der Waals surface area contributed by atoms with Crippen molar-refractivity contribution < 1.29 is 9.53 Å². The lowest BCUT2D eigenvalue weighted by Crippen LogP contribution is -2.14. The summed E-state index contributed by atoms with van der Waals surface area (Å²) in [4.78, 5) is 11.0. The molecule has 0 aliphatic carbocycles. The number of hydrogen-bond acceptors (Lipinski definition) is 2. The fourth-order valence-electron chi connectivity index (χ4n) is 1.38. The molecule has 1 atom stereocenters. The van der Waals surface area contributed by atoms with E-state index in [0.717, 1.165) is 12.8 Å². The second-order valence-electron chi connectivity index (χ2n) is 3.63. The van der Waals surface area contributed by atoms with Crippen LogP contribution in [0.5, 0.6) is 0 Å². The molecule has 0 aromatic rings. The molecule has 3 heteroatoms. The standard InChI is InChI=1S/C12H21BrO2/c1-3-5-6-7-8-9-10-11(13)12(14)15-4-2/h4,11H,2-3,5-10H2,1H3. The van der Waals surface area contributed by atoms with E-state index in [1.165, 1.54) is 38.4 Å². The maximum absolute atomic E-state index is 11.2. The summed E-state index contributed by atoms with van der Waals surface area (Å²) < 4.78 is 4.68. The van der Waals surface area contributed by atoms with Crippen molar-refractivity contribution in [1.82, 2.24) is 0 Å². The first kappa shape index (κ1) is 14.7. The largest absolute Gasteiger partial charge is 0.434 e. The Kier molecular flexibility index (Phi) is 10.0. The van der Waals surface area contributed by atoms with Gasteiger partial charge in [0.15, 0.2) is 0 Å². The van der Waals surface area contributed by atoms with Gasteiger partial charge in [0.2, 0.25) is 0 Å². The van der Waals surface area contributed by atoms with Crippen molar-refractivity contribution in [2.24, 2.45) is 0 Å². The zero-order chi connectivity index (χ0) is 11.5. The maximum Gasteiger partial charge on any atom is 0.324 e. The van der Waals surface area contributed by atoms with Gasteiger partial charge < -0.3 is 4.74 Å². The lowest BCUT2D eigenvalue weighted by Gasteiger charge is -2.06. The molecule has 0 spiro atoms. The molecule has 0 radical (unpaired) electrons. The molecule has 0 aromatic heterocycles. The summed E-state index contributed by atoms with van der Waals surface area (Å²) in [6.07, 6.45) is 9.46. The number of alkyl halides is 1. The van der Waals surface area contributed by atoms with Crippen molar-refractivity contribution in [3.8, 4) is 0 Å². The minimum Gasteiger partial charge on any atom is -0.434 e. The van der Waals surface area contributed by atoms with Gasteiger partial charge >= 0.3 is 5.97 Å². The van der Waals surface area contributed by atoms with E-state index in [1.807, 2.05) is 0 Å². The second-order valence-corrected chi connectivity index (χ2v) is 4.73. The Bertz CT molecular complexity index is 180. The first-order valence-corrected chi connectivity index (χ1v) is 6.59. The molecular weight excluding hydrogens is 256 g/mol. The number of halogens is 1. The summed E-state index contributed by atoms with van der Waals surface area (Å²) in [6, 6.07) is 0. The van der Waals surface area contributed by atoms with E-state index in [-0.39, 0.29) is 10.8 Å². The molecule has 15 heavy (non-hydrogen) atoms. The van der Waals surface area contributed by atoms with E-state index >= 15 is 0 Å². The highest BCUT2D eigenvalue weighted by molar-refractivity contribution is 9.10. The Morgan fingerprint density at radius 2 is 1.93 bits per heavy atom. The van der Waals surface area contributed by atoms with E-state index in [4.69, 9.17) is 0 Å². The number of carbonyl (C=O) groups is 1. The van der Waals surface area contributed by atoms with Crippen LogP contribution in [0, 0.1) is 0 Å². The Labute approximate surface area is 101 Å². The van der Waals surface area contributed by atoms with Gasteiger partial charge in [-0.3, -0.25) is 4.79 Å². The summed E-state index contributed by atoms with van der Waals surface area (Å²) in [7, 11) is 0. The lowest BCUT2D eigenvalue weighted by molar-refractivity contribution is -0.137. The molecule has 0 aliphatic rings. The molecule has 1 unspecified atom stereocenters. The third-order valence-corrected chi connectivity index (χ3v) is 3.10. The number of esters is 1. The maximum atomic E-state index is 11.2. The number of hydrogen-bond donors (Lipinski definition) is 0. The van der Waals surface area contributed by atoms with Crippen LogP contribution in [0.15, 0.2) is 12.8 Å². The van der Waals surface area contributed by atoms with Crippen LogP contribution in [0.1, 0.15) is 51.9 Å². The molecule has 0 heterocycles. The Morgan fingerprint density at radius 3 is 2.53 bits per heavy atom. The van der Waals surface area contributed by atoms with E-state index in [2.05, 4.69) is 34.2 Å². The van der Waals surface area contributed by atoms with Crippen LogP contribution in [0.4, 0.5) is 0 Å². The van der Waals surface area contributed by atoms with Crippen molar-refractivity contribution in [1.29, 1.82) is 0 Å². The van der Waals surface area contributed by atoms with Gasteiger partial charge in [0.25, 0.3) is 0 Å². The van der Waals surface area contributed by atoms with Crippen LogP contribution in [0.25, 0.3) is 0 Å². The van der Waals surface area contributed by atoms with Gasteiger partial charge in [-0.2, -0.15) is 0 Å². The average Bonchev–Trinajstić information content (AvgIpc) is 2.23. The van der Waals surface area contributed by atoms with Crippen LogP contribution < -0.4 is 0 Å². The highest BCUT2D eigenvalue weighted by Crippen LogP contribution is 2.14. The van der Waals surface area contributed by atoms with Gasteiger partial charge in [0.1, 0.15) is 4.83 Å². The van der Waals surface area contributed by atoms with Crippen molar-refractivity contribution in [3.05, 3.63) is 12.8 Å². The van der Waals surface area contributed by atoms with Gasteiger partial charge in [-0.05, 0) is 6.42 Å². The number of carbonyl (C=O) groups excluding carboxylic acids is 1. The monoisotopic (exact) mass is 276 g/mol. The molecule has 0 saturated heterocycles. The number of ether oxygens (including phenoxy) is 1.